The van der Waals surface area contributed by atoms with Crippen LogP contribution >= 0.6 is 0 Å². The number of para-hydroxylation sites is 1. The summed E-state index contributed by atoms with van der Waals surface area (Å²) in [4.78, 5) is 28.3. The number of carbonyl (C=O) groups excluding carboxylic acids is 2. The van der Waals surface area contributed by atoms with Gasteiger partial charge in [0, 0.05) is 49.2 Å². The Labute approximate surface area is 219 Å². The molecule has 0 radical (unpaired) electrons. The van der Waals surface area contributed by atoms with E-state index in [0.29, 0.717) is 29.3 Å². The van der Waals surface area contributed by atoms with Crippen LogP contribution in [0.1, 0.15) is 18.1 Å². The number of fused-ring (bicyclic) bond motifs is 1. The number of rotatable bonds is 8. The summed E-state index contributed by atoms with van der Waals surface area (Å²) < 4.78 is 14.5. The average molecular weight is 507 g/mol. The van der Waals surface area contributed by atoms with Gasteiger partial charge in [0.15, 0.2) is 11.5 Å². The molecule has 0 unspecified atom stereocenters. The molecule has 190 valence electrons. The maximum atomic E-state index is 12.8. The van der Waals surface area contributed by atoms with Crippen molar-refractivity contribution < 1.29 is 19.1 Å². The molecule has 2 aromatic heterocycles. The second-order valence-corrected chi connectivity index (χ2v) is 8.65. The van der Waals surface area contributed by atoms with Crippen LogP contribution in [0.3, 0.4) is 0 Å². The summed E-state index contributed by atoms with van der Waals surface area (Å²) in [6.45, 7) is 1.98. The Hall–Kier alpha value is -5.11. The highest BCUT2D eigenvalue weighted by molar-refractivity contribution is 6.07. The lowest BCUT2D eigenvalue weighted by Gasteiger charge is -2.11. The van der Waals surface area contributed by atoms with E-state index in [1.807, 2.05) is 41.2 Å². The lowest BCUT2D eigenvalue weighted by atomic mass is 10.1. The molecule has 0 saturated heterocycles. The van der Waals surface area contributed by atoms with Crippen LogP contribution in [-0.4, -0.2) is 33.1 Å². The number of nitrogens with zero attached hydrogens (tertiary/aromatic N) is 3. The number of benzene rings is 3. The molecule has 5 rings (SSSR count). The monoisotopic (exact) mass is 506 g/mol. The number of carbonyl (C=O) groups is 2. The third-order valence-electron chi connectivity index (χ3n) is 6.01. The van der Waals surface area contributed by atoms with Crippen LogP contribution in [0.25, 0.3) is 22.7 Å². The highest BCUT2D eigenvalue weighted by Crippen LogP contribution is 2.29. The number of hydrogen-bond donors (Lipinski definition) is 1. The molecule has 3 aromatic carbocycles. The Morgan fingerprint density at radius 2 is 1.84 bits per heavy atom. The standard InChI is InChI=1S/C30H26N4O4/c1-21(35)38-28-18-22(8-12-27(28)37-2)9-13-29(36)32-26-5-3-4-24-14-16-33(30(24)26)19-23-6-10-25(11-7-23)34-17-15-31-20-34/h3-18,20H,19H2,1-2H3,(H,32,36). The van der Waals surface area contributed by atoms with Gasteiger partial charge in [-0.15, -0.1) is 0 Å². The fourth-order valence-electron chi connectivity index (χ4n) is 4.25. The number of ether oxygens (including phenoxy) is 2. The number of imidazole rings is 1. The van der Waals surface area contributed by atoms with Crippen LogP contribution in [0.15, 0.2) is 97.7 Å². The van der Waals surface area contributed by atoms with Gasteiger partial charge in [-0.1, -0.05) is 30.3 Å². The van der Waals surface area contributed by atoms with Gasteiger partial charge in [-0.25, -0.2) is 4.98 Å². The Morgan fingerprint density at radius 1 is 1.00 bits per heavy atom. The van der Waals surface area contributed by atoms with Gasteiger partial charge in [0.1, 0.15) is 0 Å². The first-order chi connectivity index (χ1) is 18.5. The molecule has 0 aliphatic heterocycles. The molecular formula is C30H26N4O4. The SMILES string of the molecule is COc1ccc(C=CC(=O)Nc2cccc3ccn(Cc4ccc(-n5ccnc5)cc4)c23)cc1OC(C)=O. The van der Waals surface area contributed by atoms with Gasteiger partial charge in [0.25, 0.3) is 0 Å². The van der Waals surface area contributed by atoms with Crippen LogP contribution in [-0.2, 0) is 16.1 Å². The molecule has 38 heavy (non-hydrogen) atoms. The summed E-state index contributed by atoms with van der Waals surface area (Å²) in [5, 5.41) is 4.03. The number of anilines is 1. The number of aromatic nitrogens is 3. The molecule has 8 heteroatoms. The van der Waals surface area contributed by atoms with E-state index in [-0.39, 0.29) is 5.91 Å². The molecular weight excluding hydrogens is 480 g/mol. The van der Waals surface area contributed by atoms with Crippen LogP contribution < -0.4 is 14.8 Å². The Morgan fingerprint density at radius 3 is 2.58 bits per heavy atom. The summed E-state index contributed by atoms with van der Waals surface area (Å²) in [7, 11) is 1.50. The van der Waals surface area contributed by atoms with E-state index in [9.17, 15) is 9.59 Å². The average Bonchev–Trinajstić information content (AvgIpc) is 3.59. The molecule has 0 spiro atoms. The lowest BCUT2D eigenvalue weighted by Crippen LogP contribution is -2.10. The van der Waals surface area contributed by atoms with Gasteiger partial charge in [-0.05, 0) is 53.6 Å². The van der Waals surface area contributed by atoms with Crippen molar-refractivity contribution in [2.75, 3.05) is 12.4 Å². The molecule has 0 aliphatic rings. The van der Waals surface area contributed by atoms with Crippen molar-refractivity contribution in [1.29, 1.82) is 0 Å². The van der Waals surface area contributed by atoms with Crippen molar-refractivity contribution in [3.05, 3.63) is 109 Å². The van der Waals surface area contributed by atoms with E-state index >= 15 is 0 Å². The molecule has 2 heterocycles. The third-order valence-corrected chi connectivity index (χ3v) is 6.01. The molecule has 0 saturated carbocycles. The topological polar surface area (TPSA) is 87.4 Å². The quantitative estimate of drug-likeness (QED) is 0.172. The number of nitrogens with one attached hydrogen (secondary N) is 1. The Balaban J connectivity index is 1.33. The van der Waals surface area contributed by atoms with Crippen LogP contribution in [0.5, 0.6) is 11.5 Å². The lowest BCUT2D eigenvalue weighted by molar-refractivity contribution is -0.132. The fourth-order valence-corrected chi connectivity index (χ4v) is 4.25. The number of esters is 1. The van der Waals surface area contributed by atoms with Crippen molar-refractivity contribution in [3.8, 4) is 17.2 Å². The van der Waals surface area contributed by atoms with Crippen molar-refractivity contribution in [1.82, 2.24) is 14.1 Å². The Kier molecular flexibility index (Phi) is 7.04. The fraction of sp³-hybridized carbons (Fsp3) is 0.100. The summed E-state index contributed by atoms with van der Waals surface area (Å²) >= 11 is 0. The van der Waals surface area contributed by atoms with E-state index in [1.165, 1.54) is 20.1 Å². The molecule has 8 nitrogen and oxygen atoms in total. The summed E-state index contributed by atoms with van der Waals surface area (Å²) in [5.41, 5.74) is 4.52. The van der Waals surface area contributed by atoms with Crippen molar-refractivity contribution in [3.63, 3.8) is 0 Å². The maximum Gasteiger partial charge on any atom is 0.308 e. The van der Waals surface area contributed by atoms with Gasteiger partial charge in [0.2, 0.25) is 5.91 Å². The second-order valence-electron chi connectivity index (χ2n) is 8.65. The Bertz CT molecular complexity index is 1620. The normalized spacial score (nSPS) is 11.1. The first-order valence-corrected chi connectivity index (χ1v) is 12.0. The third kappa shape index (κ3) is 5.49. The predicted octanol–water partition coefficient (Wildman–Crippen LogP) is 5.46. The minimum Gasteiger partial charge on any atom is -0.493 e. The highest BCUT2D eigenvalue weighted by Gasteiger charge is 2.10. The zero-order valence-corrected chi connectivity index (χ0v) is 21.0. The molecule has 0 fully saturated rings. The van der Waals surface area contributed by atoms with E-state index in [4.69, 9.17) is 9.47 Å². The first kappa shape index (κ1) is 24.6. The van der Waals surface area contributed by atoms with Gasteiger partial charge in [-0.2, -0.15) is 0 Å². The van der Waals surface area contributed by atoms with E-state index in [1.54, 1.807) is 36.8 Å². The number of methoxy groups -OCH3 is 1. The van der Waals surface area contributed by atoms with Gasteiger partial charge < -0.3 is 23.9 Å². The predicted molar refractivity (Wildman–Crippen MR) is 147 cm³/mol. The first-order valence-electron chi connectivity index (χ1n) is 12.0. The highest BCUT2D eigenvalue weighted by atomic mass is 16.6. The second kappa shape index (κ2) is 10.9. The minimum atomic E-state index is -0.451. The molecule has 0 bridgehead atoms. The van der Waals surface area contributed by atoms with Gasteiger partial charge >= 0.3 is 5.97 Å². The summed E-state index contributed by atoms with van der Waals surface area (Å²) in [5.74, 6) is 0.000947. The van der Waals surface area contributed by atoms with Gasteiger partial charge in [-0.3, -0.25) is 9.59 Å². The molecule has 0 atom stereocenters. The molecule has 0 aliphatic carbocycles. The number of hydrogen-bond acceptors (Lipinski definition) is 5. The van der Waals surface area contributed by atoms with Crippen molar-refractivity contribution >= 4 is 34.5 Å². The van der Waals surface area contributed by atoms with Crippen LogP contribution in [0, 0.1) is 0 Å². The zero-order chi connectivity index (χ0) is 26.5. The van der Waals surface area contributed by atoms with Crippen LogP contribution in [0.4, 0.5) is 5.69 Å². The van der Waals surface area contributed by atoms with Crippen LogP contribution in [0.2, 0.25) is 0 Å². The maximum absolute atomic E-state index is 12.8. The van der Waals surface area contributed by atoms with E-state index in [0.717, 1.165) is 22.2 Å². The van der Waals surface area contributed by atoms with E-state index in [2.05, 4.69) is 39.1 Å². The smallest absolute Gasteiger partial charge is 0.308 e. The number of amides is 1. The van der Waals surface area contributed by atoms with Crippen molar-refractivity contribution in [2.45, 2.75) is 13.5 Å². The van der Waals surface area contributed by atoms with E-state index < -0.39 is 5.97 Å². The zero-order valence-electron chi connectivity index (χ0n) is 21.0. The minimum absolute atomic E-state index is 0.278. The largest absolute Gasteiger partial charge is 0.493 e. The summed E-state index contributed by atoms with van der Waals surface area (Å²) in [6, 6.07) is 21.3. The molecule has 5 aromatic rings. The van der Waals surface area contributed by atoms with Gasteiger partial charge in [0.05, 0.1) is 24.6 Å². The molecule has 1 amide bonds. The van der Waals surface area contributed by atoms with Crippen molar-refractivity contribution in [2.24, 2.45) is 0 Å². The summed E-state index contributed by atoms with van der Waals surface area (Å²) in [6.07, 6.45) is 10.6. The molecule has 1 N–H and O–H groups in total.